The van der Waals surface area contributed by atoms with E-state index in [0.717, 1.165) is 23.5 Å². The van der Waals surface area contributed by atoms with Gasteiger partial charge in [0.15, 0.2) is 5.11 Å². The molecule has 0 spiro atoms. The average molecular weight is 470 g/mol. The highest BCUT2D eigenvalue weighted by Gasteiger charge is 2.42. The van der Waals surface area contributed by atoms with Gasteiger partial charge in [0.1, 0.15) is 6.04 Å². The third-order valence-corrected chi connectivity index (χ3v) is 6.44. The lowest BCUT2D eigenvalue weighted by Crippen LogP contribution is -2.30. The van der Waals surface area contributed by atoms with Gasteiger partial charge in [-0.05, 0) is 66.7 Å². The van der Waals surface area contributed by atoms with Crippen molar-refractivity contribution in [2.75, 3.05) is 4.90 Å². The van der Waals surface area contributed by atoms with Gasteiger partial charge < -0.3 is 14.8 Å². The standard InChI is InChI=1S/C26H23N5O2S/c1-2-18-11-13-19(14-12-18)30-25(24(28-26(30)34)22-9-3-4-15-27-22)23-10-6-16-29(23)20-7-5-8-21(17-20)31(32)33/h3-17,24-25H,2H2,1H3,(H,28,34). The molecule has 2 aromatic carbocycles. The first-order valence-electron chi connectivity index (χ1n) is 11.1. The maximum absolute atomic E-state index is 11.4. The molecule has 2 unspecified atom stereocenters. The molecule has 1 saturated heterocycles. The number of nitrogens with zero attached hydrogens (tertiary/aromatic N) is 4. The van der Waals surface area contributed by atoms with E-state index in [2.05, 4.69) is 46.4 Å². The first kappa shape index (κ1) is 21.8. The van der Waals surface area contributed by atoms with E-state index in [-0.39, 0.29) is 22.7 Å². The SMILES string of the molecule is CCc1ccc(N2C(=S)NC(c3ccccn3)C2c2cccn2-c2cccc([N+](=O)[O-])c2)cc1. The van der Waals surface area contributed by atoms with Crippen LogP contribution in [0.1, 0.15) is 36.0 Å². The number of benzene rings is 2. The average Bonchev–Trinajstić information content (AvgIpc) is 3.49. The lowest BCUT2D eigenvalue weighted by atomic mass is 10.0. The van der Waals surface area contributed by atoms with E-state index in [9.17, 15) is 10.1 Å². The molecule has 0 radical (unpaired) electrons. The Kier molecular flexibility index (Phi) is 5.81. The fourth-order valence-electron chi connectivity index (χ4n) is 4.45. The van der Waals surface area contributed by atoms with Crippen LogP contribution in [-0.4, -0.2) is 19.6 Å². The van der Waals surface area contributed by atoms with Crippen LogP contribution in [0.5, 0.6) is 0 Å². The van der Waals surface area contributed by atoms with Crippen molar-refractivity contribution >= 4 is 28.7 Å². The number of aromatic nitrogens is 2. The van der Waals surface area contributed by atoms with Crippen molar-refractivity contribution in [1.29, 1.82) is 0 Å². The summed E-state index contributed by atoms with van der Waals surface area (Å²) in [6, 6.07) is 24.4. The van der Waals surface area contributed by atoms with Gasteiger partial charge >= 0.3 is 0 Å². The molecule has 0 amide bonds. The molecule has 1 aliphatic rings. The van der Waals surface area contributed by atoms with Crippen LogP contribution in [0.15, 0.2) is 91.3 Å². The van der Waals surface area contributed by atoms with Crippen LogP contribution >= 0.6 is 12.2 Å². The highest BCUT2D eigenvalue weighted by atomic mass is 32.1. The number of hydrogen-bond donors (Lipinski definition) is 1. The summed E-state index contributed by atoms with van der Waals surface area (Å²) in [4.78, 5) is 17.7. The van der Waals surface area contributed by atoms with E-state index >= 15 is 0 Å². The van der Waals surface area contributed by atoms with Crippen LogP contribution in [0.2, 0.25) is 0 Å². The van der Waals surface area contributed by atoms with Crippen molar-refractivity contribution < 1.29 is 4.92 Å². The molecule has 2 atom stereocenters. The second kappa shape index (κ2) is 9.07. The van der Waals surface area contributed by atoms with Gasteiger partial charge in [-0.25, -0.2) is 0 Å². The Bertz CT molecular complexity index is 1340. The molecule has 1 fully saturated rings. The number of anilines is 1. The summed E-state index contributed by atoms with van der Waals surface area (Å²) < 4.78 is 1.98. The van der Waals surface area contributed by atoms with Crippen LogP contribution in [0.3, 0.4) is 0 Å². The Hall–Kier alpha value is -4.04. The molecule has 0 bridgehead atoms. The largest absolute Gasteiger partial charge is 0.351 e. The Morgan fingerprint density at radius 3 is 2.56 bits per heavy atom. The van der Waals surface area contributed by atoms with Gasteiger partial charge in [-0.2, -0.15) is 0 Å². The molecule has 0 saturated carbocycles. The summed E-state index contributed by atoms with van der Waals surface area (Å²) in [6.07, 6.45) is 4.65. The molecule has 1 N–H and O–H groups in total. The molecule has 1 aliphatic heterocycles. The fraction of sp³-hybridized carbons (Fsp3) is 0.154. The summed E-state index contributed by atoms with van der Waals surface area (Å²) in [5.41, 5.74) is 4.81. The number of non-ortho nitro benzene ring substituents is 1. The molecule has 5 rings (SSSR count). The normalized spacial score (nSPS) is 17.6. The van der Waals surface area contributed by atoms with Crippen LogP contribution < -0.4 is 10.2 Å². The van der Waals surface area contributed by atoms with Crippen LogP contribution in [0.25, 0.3) is 5.69 Å². The smallest absolute Gasteiger partial charge is 0.271 e. The highest BCUT2D eigenvalue weighted by Crippen LogP contribution is 2.42. The third kappa shape index (κ3) is 3.92. The Balaban J connectivity index is 1.65. The summed E-state index contributed by atoms with van der Waals surface area (Å²) in [7, 11) is 0. The van der Waals surface area contributed by atoms with Gasteiger partial charge in [-0.15, -0.1) is 0 Å². The van der Waals surface area contributed by atoms with E-state index in [1.54, 1.807) is 18.3 Å². The lowest BCUT2D eigenvalue weighted by molar-refractivity contribution is -0.384. The Labute approximate surface area is 202 Å². The monoisotopic (exact) mass is 469 g/mol. The van der Waals surface area contributed by atoms with E-state index in [1.807, 2.05) is 47.2 Å². The van der Waals surface area contributed by atoms with Crippen LogP contribution in [0, 0.1) is 10.1 Å². The topological polar surface area (TPSA) is 76.2 Å². The highest BCUT2D eigenvalue weighted by molar-refractivity contribution is 7.80. The number of nitro benzene ring substituents is 1. The summed E-state index contributed by atoms with van der Waals surface area (Å²) in [5.74, 6) is 0. The molecule has 0 aliphatic carbocycles. The van der Waals surface area contributed by atoms with Gasteiger partial charge in [0.2, 0.25) is 0 Å². The second-order valence-corrected chi connectivity index (χ2v) is 8.48. The summed E-state index contributed by atoms with van der Waals surface area (Å²) >= 11 is 5.82. The fourth-order valence-corrected chi connectivity index (χ4v) is 4.80. The van der Waals surface area contributed by atoms with E-state index in [4.69, 9.17) is 12.2 Å². The molecule has 8 heteroatoms. The van der Waals surface area contributed by atoms with Gasteiger partial charge in [-0.1, -0.05) is 31.2 Å². The zero-order valence-electron chi connectivity index (χ0n) is 18.5. The zero-order valence-corrected chi connectivity index (χ0v) is 19.4. The number of aryl methyl sites for hydroxylation is 1. The number of nitro groups is 1. The van der Waals surface area contributed by atoms with Crippen molar-refractivity contribution in [2.24, 2.45) is 0 Å². The number of rotatable bonds is 6. The molecule has 34 heavy (non-hydrogen) atoms. The Morgan fingerprint density at radius 1 is 1.03 bits per heavy atom. The number of pyridine rings is 1. The van der Waals surface area contributed by atoms with Crippen molar-refractivity contribution in [2.45, 2.75) is 25.4 Å². The maximum atomic E-state index is 11.4. The van der Waals surface area contributed by atoms with Crippen LogP contribution in [-0.2, 0) is 6.42 Å². The number of nitrogens with one attached hydrogen (secondary N) is 1. The third-order valence-electron chi connectivity index (χ3n) is 6.12. The minimum absolute atomic E-state index is 0.0468. The summed E-state index contributed by atoms with van der Waals surface area (Å²) in [5, 5.41) is 15.5. The number of hydrogen-bond acceptors (Lipinski definition) is 4. The van der Waals surface area contributed by atoms with Gasteiger partial charge in [0, 0.05) is 35.9 Å². The molecule has 4 aromatic rings. The van der Waals surface area contributed by atoms with Crippen molar-refractivity contribution in [1.82, 2.24) is 14.9 Å². The lowest BCUT2D eigenvalue weighted by Gasteiger charge is -2.29. The minimum atomic E-state index is -0.378. The molecule has 7 nitrogen and oxygen atoms in total. The van der Waals surface area contributed by atoms with Crippen LogP contribution in [0.4, 0.5) is 11.4 Å². The maximum Gasteiger partial charge on any atom is 0.271 e. The summed E-state index contributed by atoms with van der Waals surface area (Å²) in [6.45, 7) is 2.13. The zero-order chi connectivity index (χ0) is 23.7. The van der Waals surface area contributed by atoms with Crippen molar-refractivity contribution in [3.8, 4) is 5.69 Å². The van der Waals surface area contributed by atoms with E-state index in [1.165, 1.54) is 11.6 Å². The Morgan fingerprint density at radius 2 is 1.85 bits per heavy atom. The predicted molar refractivity (Wildman–Crippen MR) is 136 cm³/mol. The minimum Gasteiger partial charge on any atom is -0.351 e. The first-order chi connectivity index (χ1) is 16.6. The van der Waals surface area contributed by atoms with E-state index < -0.39 is 0 Å². The quantitative estimate of drug-likeness (QED) is 0.228. The molecule has 2 aromatic heterocycles. The predicted octanol–water partition coefficient (Wildman–Crippen LogP) is 5.52. The first-order valence-corrected chi connectivity index (χ1v) is 11.5. The van der Waals surface area contributed by atoms with Gasteiger partial charge in [0.05, 0.1) is 22.3 Å². The molecular formula is C26H23N5O2S. The van der Waals surface area contributed by atoms with Gasteiger partial charge in [0.25, 0.3) is 5.69 Å². The van der Waals surface area contributed by atoms with Crippen molar-refractivity contribution in [3.63, 3.8) is 0 Å². The van der Waals surface area contributed by atoms with Crippen molar-refractivity contribution in [3.05, 3.63) is 118 Å². The van der Waals surface area contributed by atoms with E-state index in [0.29, 0.717) is 10.8 Å². The molecule has 170 valence electrons. The molecule has 3 heterocycles. The van der Waals surface area contributed by atoms with Gasteiger partial charge in [-0.3, -0.25) is 15.1 Å². The molecular weight excluding hydrogens is 446 g/mol. The second-order valence-electron chi connectivity index (χ2n) is 8.10. The number of thiocarbonyl (C=S) groups is 1.